The van der Waals surface area contributed by atoms with Crippen molar-refractivity contribution < 1.29 is 15.0 Å². The van der Waals surface area contributed by atoms with Crippen LogP contribution in [0, 0.1) is 0 Å². The highest BCUT2D eigenvalue weighted by Crippen LogP contribution is 2.23. The summed E-state index contributed by atoms with van der Waals surface area (Å²) in [6.07, 6.45) is 2.67. The van der Waals surface area contributed by atoms with E-state index in [-0.39, 0.29) is 17.0 Å². The molecule has 2 aromatic rings. The average Bonchev–Trinajstić information content (AvgIpc) is 2.63. The van der Waals surface area contributed by atoms with Crippen LogP contribution in [0.15, 0.2) is 19.0 Å². The molecular formula is C9H7N3O3. The second kappa shape index (κ2) is 3.09. The van der Waals surface area contributed by atoms with E-state index < -0.39 is 5.97 Å². The van der Waals surface area contributed by atoms with Crippen LogP contribution in [0.25, 0.3) is 11.7 Å². The van der Waals surface area contributed by atoms with Gasteiger partial charge in [0.1, 0.15) is 17.6 Å². The lowest BCUT2D eigenvalue weighted by Gasteiger charge is -2.04. The quantitative estimate of drug-likeness (QED) is 0.756. The second-order valence-corrected chi connectivity index (χ2v) is 2.83. The van der Waals surface area contributed by atoms with Crippen LogP contribution in [0.3, 0.4) is 0 Å². The predicted octanol–water partition coefficient (Wildman–Crippen LogP) is 0.776. The fraction of sp³-hybridized carbons (Fsp3) is 0. The molecule has 76 valence electrons. The van der Waals surface area contributed by atoms with Gasteiger partial charge in [0, 0.05) is 6.07 Å². The maximum Gasteiger partial charge on any atom is 0.343 e. The first-order valence-corrected chi connectivity index (χ1v) is 4.06. The number of aromatic nitrogens is 3. The minimum Gasteiger partial charge on any atom is -0.507 e. The third kappa shape index (κ3) is 1.23. The van der Waals surface area contributed by atoms with Gasteiger partial charge in [0.25, 0.3) is 0 Å². The number of aromatic hydroxyl groups is 1. The van der Waals surface area contributed by atoms with Crippen LogP contribution in [-0.2, 0) is 0 Å². The van der Waals surface area contributed by atoms with E-state index >= 15 is 0 Å². The monoisotopic (exact) mass is 205 g/mol. The van der Waals surface area contributed by atoms with E-state index in [4.69, 9.17) is 5.11 Å². The highest BCUT2D eigenvalue weighted by molar-refractivity contribution is 5.97. The van der Waals surface area contributed by atoms with Crippen LogP contribution in [0.4, 0.5) is 0 Å². The van der Waals surface area contributed by atoms with Crippen molar-refractivity contribution in [2.75, 3.05) is 0 Å². The van der Waals surface area contributed by atoms with E-state index in [2.05, 4.69) is 16.7 Å². The maximum atomic E-state index is 10.9. The Balaban J connectivity index is 2.93. The van der Waals surface area contributed by atoms with Gasteiger partial charge in [-0.15, -0.1) is 0 Å². The van der Waals surface area contributed by atoms with E-state index in [1.807, 2.05) is 0 Å². The number of carbonyl (C=O) groups is 1. The van der Waals surface area contributed by atoms with Crippen LogP contribution in [0.5, 0.6) is 5.75 Å². The zero-order valence-corrected chi connectivity index (χ0v) is 7.58. The van der Waals surface area contributed by atoms with Crippen LogP contribution >= 0.6 is 0 Å². The topological polar surface area (TPSA) is 87.7 Å². The van der Waals surface area contributed by atoms with Crippen molar-refractivity contribution in [3.63, 3.8) is 0 Å². The number of carboxylic acids is 1. The summed E-state index contributed by atoms with van der Waals surface area (Å²) >= 11 is 0. The van der Waals surface area contributed by atoms with Crippen LogP contribution in [0.1, 0.15) is 16.1 Å². The Morgan fingerprint density at radius 1 is 1.60 bits per heavy atom. The number of pyridine rings is 1. The molecule has 6 nitrogen and oxygen atoms in total. The lowest BCUT2D eigenvalue weighted by Crippen LogP contribution is -2.04. The summed E-state index contributed by atoms with van der Waals surface area (Å²) in [5.41, 5.74) is 0.306. The molecule has 15 heavy (non-hydrogen) atoms. The lowest BCUT2D eigenvalue weighted by atomic mass is 10.2. The minimum absolute atomic E-state index is 0.0948. The number of nitrogens with zero attached hydrogens (tertiary/aromatic N) is 3. The van der Waals surface area contributed by atoms with Gasteiger partial charge in [0.2, 0.25) is 0 Å². The number of hydrogen-bond donors (Lipinski definition) is 2. The van der Waals surface area contributed by atoms with Gasteiger partial charge in [-0.2, -0.15) is 5.10 Å². The maximum absolute atomic E-state index is 10.9. The van der Waals surface area contributed by atoms with Gasteiger partial charge in [-0.25, -0.2) is 14.3 Å². The number of carboxylic acid groups (broad SMARTS) is 1. The molecule has 0 aromatic carbocycles. The molecule has 6 heteroatoms. The highest BCUT2D eigenvalue weighted by Gasteiger charge is 2.18. The molecule has 2 rings (SSSR count). The van der Waals surface area contributed by atoms with Gasteiger partial charge in [0.05, 0.1) is 5.69 Å². The molecule has 0 bridgehead atoms. The third-order valence-electron chi connectivity index (χ3n) is 1.98. The molecule has 0 unspecified atom stereocenters. The Labute approximate surface area is 84.1 Å². The Morgan fingerprint density at radius 2 is 2.33 bits per heavy atom. The van der Waals surface area contributed by atoms with Crippen LogP contribution in [-0.4, -0.2) is 30.8 Å². The Morgan fingerprint density at radius 3 is 2.93 bits per heavy atom. The van der Waals surface area contributed by atoms with Crippen molar-refractivity contribution in [1.29, 1.82) is 0 Å². The molecule has 0 amide bonds. The zero-order valence-electron chi connectivity index (χ0n) is 7.58. The molecule has 0 saturated heterocycles. The van der Waals surface area contributed by atoms with Crippen LogP contribution < -0.4 is 0 Å². The first-order chi connectivity index (χ1) is 7.15. The molecule has 0 radical (unpaired) electrons. The van der Waals surface area contributed by atoms with E-state index in [0.29, 0.717) is 5.69 Å². The summed E-state index contributed by atoms with van der Waals surface area (Å²) in [7, 11) is 0. The summed E-state index contributed by atoms with van der Waals surface area (Å²) < 4.78 is 1.30. The smallest absolute Gasteiger partial charge is 0.343 e. The molecular weight excluding hydrogens is 198 g/mol. The van der Waals surface area contributed by atoms with Crippen molar-refractivity contribution in [3.05, 3.63) is 30.2 Å². The standard InChI is InChI=1S/C9H7N3O3/c1-2-5-3-6(13)7(9(14)15)8-10-4-11-12(5)8/h2-4,13H,1H2,(H,14,15). The second-order valence-electron chi connectivity index (χ2n) is 2.83. The van der Waals surface area contributed by atoms with E-state index in [0.717, 1.165) is 0 Å². The average molecular weight is 205 g/mol. The summed E-state index contributed by atoms with van der Waals surface area (Å²) in [5.74, 6) is -1.60. The van der Waals surface area contributed by atoms with E-state index in [9.17, 15) is 9.90 Å². The Bertz CT molecular complexity index is 559. The summed E-state index contributed by atoms with van der Waals surface area (Å²) in [4.78, 5) is 14.6. The number of hydrogen-bond acceptors (Lipinski definition) is 4. The molecule has 0 aliphatic carbocycles. The lowest BCUT2D eigenvalue weighted by molar-refractivity contribution is 0.0695. The zero-order chi connectivity index (χ0) is 11.0. The Kier molecular flexibility index (Phi) is 1.89. The Hall–Kier alpha value is -2.37. The van der Waals surface area contributed by atoms with Gasteiger partial charge in [-0.3, -0.25) is 0 Å². The third-order valence-corrected chi connectivity index (χ3v) is 1.98. The molecule has 2 heterocycles. The van der Waals surface area contributed by atoms with Gasteiger partial charge in [-0.1, -0.05) is 6.58 Å². The highest BCUT2D eigenvalue weighted by atomic mass is 16.4. The van der Waals surface area contributed by atoms with Gasteiger partial charge in [-0.05, 0) is 6.08 Å². The fourth-order valence-corrected chi connectivity index (χ4v) is 1.34. The van der Waals surface area contributed by atoms with E-state index in [1.54, 1.807) is 0 Å². The van der Waals surface area contributed by atoms with Crippen molar-refractivity contribution in [1.82, 2.24) is 14.6 Å². The van der Waals surface area contributed by atoms with Crippen molar-refractivity contribution in [2.24, 2.45) is 0 Å². The van der Waals surface area contributed by atoms with Gasteiger partial charge >= 0.3 is 5.97 Å². The SMILES string of the molecule is C=Cc1cc(O)c(C(=O)O)c2ncnn12. The summed E-state index contributed by atoms with van der Waals surface area (Å²) in [5, 5.41) is 22.2. The summed E-state index contributed by atoms with van der Waals surface area (Å²) in [6, 6.07) is 1.28. The predicted molar refractivity (Wildman–Crippen MR) is 51.7 cm³/mol. The largest absolute Gasteiger partial charge is 0.507 e. The first-order valence-electron chi connectivity index (χ1n) is 4.06. The van der Waals surface area contributed by atoms with Crippen molar-refractivity contribution in [3.8, 4) is 5.75 Å². The molecule has 0 fully saturated rings. The molecule has 2 aromatic heterocycles. The molecule has 0 spiro atoms. The van der Waals surface area contributed by atoms with E-state index in [1.165, 1.54) is 23.0 Å². The number of rotatable bonds is 2. The molecule has 0 atom stereocenters. The molecule has 0 aliphatic rings. The van der Waals surface area contributed by atoms with Gasteiger partial charge in [0.15, 0.2) is 5.65 Å². The van der Waals surface area contributed by atoms with Crippen molar-refractivity contribution in [2.45, 2.75) is 0 Å². The van der Waals surface area contributed by atoms with Gasteiger partial charge < -0.3 is 10.2 Å². The molecule has 0 saturated carbocycles. The first kappa shape index (κ1) is 9.20. The summed E-state index contributed by atoms with van der Waals surface area (Å²) in [6.45, 7) is 3.53. The van der Waals surface area contributed by atoms with Crippen molar-refractivity contribution >= 4 is 17.7 Å². The minimum atomic E-state index is -1.25. The fourth-order valence-electron chi connectivity index (χ4n) is 1.34. The van der Waals surface area contributed by atoms with Crippen LogP contribution in [0.2, 0.25) is 0 Å². The number of fused-ring (bicyclic) bond motifs is 1. The normalized spacial score (nSPS) is 10.4. The molecule has 2 N–H and O–H groups in total. The number of aromatic carboxylic acids is 1. The molecule has 0 aliphatic heterocycles.